The van der Waals surface area contributed by atoms with Gasteiger partial charge in [-0.15, -0.1) is 12.6 Å². The largest absolute Gasteiger partial charge is 0.399 e. The van der Waals surface area contributed by atoms with Gasteiger partial charge in [0.1, 0.15) is 0 Å². The molecule has 0 bridgehead atoms. The van der Waals surface area contributed by atoms with Crippen molar-refractivity contribution in [2.75, 3.05) is 11.1 Å². The highest BCUT2D eigenvalue weighted by Gasteiger charge is 2.00. The first-order valence-electron chi connectivity index (χ1n) is 5.22. The smallest absolute Gasteiger partial charge is 0.0493 e. The third kappa shape index (κ3) is 3.32. The van der Waals surface area contributed by atoms with E-state index >= 15 is 0 Å². The van der Waals surface area contributed by atoms with Gasteiger partial charge in [-0.05, 0) is 35.9 Å². The Morgan fingerprint density at radius 1 is 1.18 bits per heavy atom. The number of halogens is 1. The zero-order valence-electron chi connectivity index (χ0n) is 9.15. The van der Waals surface area contributed by atoms with Crippen LogP contribution < -0.4 is 11.1 Å². The average Bonchev–Trinajstić information content (AvgIpc) is 2.30. The van der Waals surface area contributed by atoms with Gasteiger partial charge in [0, 0.05) is 27.8 Å². The highest BCUT2D eigenvalue weighted by atomic mass is 35.5. The van der Waals surface area contributed by atoms with E-state index in [9.17, 15) is 0 Å². The molecule has 0 saturated carbocycles. The van der Waals surface area contributed by atoms with Crippen molar-refractivity contribution in [1.82, 2.24) is 0 Å². The Bertz CT molecular complexity index is 529. The van der Waals surface area contributed by atoms with E-state index in [0.717, 1.165) is 21.8 Å². The Hall–Kier alpha value is -1.32. The Labute approximate surface area is 111 Å². The topological polar surface area (TPSA) is 38.0 Å². The Balaban J connectivity index is 2.09. The van der Waals surface area contributed by atoms with Gasteiger partial charge in [-0.1, -0.05) is 23.7 Å². The van der Waals surface area contributed by atoms with Crippen molar-refractivity contribution >= 4 is 35.6 Å². The average molecular weight is 265 g/mol. The highest BCUT2D eigenvalue weighted by molar-refractivity contribution is 7.80. The fourth-order valence-electron chi connectivity index (χ4n) is 1.55. The molecule has 2 aromatic carbocycles. The monoisotopic (exact) mass is 264 g/mol. The number of nitrogens with one attached hydrogen (secondary N) is 1. The maximum absolute atomic E-state index is 5.93. The first-order valence-corrected chi connectivity index (χ1v) is 6.04. The van der Waals surface area contributed by atoms with Crippen LogP contribution in [0.3, 0.4) is 0 Å². The summed E-state index contributed by atoms with van der Waals surface area (Å²) in [4.78, 5) is 0.873. The molecule has 2 nitrogen and oxygen atoms in total. The quantitative estimate of drug-likeness (QED) is 0.582. The van der Waals surface area contributed by atoms with Crippen LogP contribution in [0.25, 0.3) is 0 Å². The van der Waals surface area contributed by atoms with Crippen molar-refractivity contribution in [2.45, 2.75) is 11.4 Å². The highest BCUT2D eigenvalue weighted by Crippen LogP contribution is 2.24. The second-order valence-electron chi connectivity index (χ2n) is 3.76. The van der Waals surface area contributed by atoms with E-state index < -0.39 is 0 Å². The number of nitrogens with two attached hydrogens (primary N) is 1. The number of thiol groups is 1. The summed E-state index contributed by atoms with van der Waals surface area (Å²) in [6.45, 7) is 0.693. The summed E-state index contributed by atoms with van der Waals surface area (Å²) in [6, 6.07) is 13.3. The molecule has 4 heteroatoms. The molecule has 0 aliphatic rings. The van der Waals surface area contributed by atoms with Crippen molar-refractivity contribution in [3.8, 4) is 0 Å². The van der Waals surface area contributed by atoms with Crippen LogP contribution in [-0.2, 0) is 6.54 Å². The molecule has 3 N–H and O–H groups in total. The molecule has 0 heterocycles. The summed E-state index contributed by atoms with van der Waals surface area (Å²) in [7, 11) is 0. The number of anilines is 2. The second-order valence-corrected chi connectivity index (χ2v) is 4.68. The predicted molar refractivity (Wildman–Crippen MR) is 76.9 cm³/mol. The molecule has 0 aliphatic heterocycles. The lowest BCUT2D eigenvalue weighted by atomic mass is 10.2. The van der Waals surface area contributed by atoms with Gasteiger partial charge in [0.15, 0.2) is 0 Å². The second kappa shape index (κ2) is 5.34. The van der Waals surface area contributed by atoms with E-state index in [-0.39, 0.29) is 0 Å². The summed E-state index contributed by atoms with van der Waals surface area (Å²) in [5.74, 6) is 0. The molecular weight excluding hydrogens is 252 g/mol. The molecule has 0 amide bonds. The van der Waals surface area contributed by atoms with E-state index in [1.165, 1.54) is 0 Å². The third-order valence-electron chi connectivity index (χ3n) is 2.39. The molecule has 0 saturated heterocycles. The zero-order valence-corrected chi connectivity index (χ0v) is 10.8. The van der Waals surface area contributed by atoms with E-state index in [1.807, 2.05) is 42.5 Å². The van der Waals surface area contributed by atoms with Crippen LogP contribution in [-0.4, -0.2) is 0 Å². The van der Waals surface area contributed by atoms with Crippen molar-refractivity contribution in [1.29, 1.82) is 0 Å². The lowest BCUT2D eigenvalue weighted by Crippen LogP contribution is -2.00. The van der Waals surface area contributed by atoms with E-state index in [0.29, 0.717) is 11.6 Å². The Morgan fingerprint density at radius 2 is 2.00 bits per heavy atom. The van der Waals surface area contributed by atoms with Crippen LogP contribution in [0, 0.1) is 0 Å². The van der Waals surface area contributed by atoms with Gasteiger partial charge in [-0.3, -0.25) is 0 Å². The predicted octanol–water partition coefficient (Wildman–Crippen LogP) is 3.82. The fraction of sp³-hybridized carbons (Fsp3) is 0.0769. The Morgan fingerprint density at radius 3 is 2.76 bits per heavy atom. The number of nitrogen functional groups attached to an aromatic ring is 1. The molecule has 0 spiro atoms. The zero-order chi connectivity index (χ0) is 12.3. The normalized spacial score (nSPS) is 10.2. The lowest BCUT2D eigenvalue weighted by molar-refractivity contribution is 1.13. The maximum atomic E-state index is 5.93. The van der Waals surface area contributed by atoms with Gasteiger partial charge >= 0.3 is 0 Å². The molecule has 0 fully saturated rings. The van der Waals surface area contributed by atoms with Crippen LogP contribution in [0.4, 0.5) is 11.4 Å². The third-order valence-corrected chi connectivity index (χ3v) is 3.02. The van der Waals surface area contributed by atoms with Crippen LogP contribution in [0.2, 0.25) is 5.02 Å². The molecule has 2 aromatic rings. The number of rotatable bonds is 3. The van der Waals surface area contributed by atoms with Crippen LogP contribution in [0.15, 0.2) is 47.4 Å². The standard InChI is InChI=1S/C13H13ClN2S/c14-10-4-5-13(17)12(7-10)16-8-9-2-1-3-11(15)6-9/h1-7,16-17H,8,15H2. The lowest BCUT2D eigenvalue weighted by Gasteiger charge is -2.09. The molecule has 0 aromatic heterocycles. The van der Waals surface area contributed by atoms with Gasteiger partial charge in [0.05, 0.1) is 0 Å². The minimum absolute atomic E-state index is 0.692. The molecule has 0 aliphatic carbocycles. The van der Waals surface area contributed by atoms with Crippen LogP contribution in [0.5, 0.6) is 0 Å². The van der Waals surface area contributed by atoms with Gasteiger partial charge in [0.25, 0.3) is 0 Å². The minimum atomic E-state index is 0.692. The van der Waals surface area contributed by atoms with E-state index in [2.05, 4.69) is 17.9 Å². The first kappa shape index (κ1) is 12.1. The molecular formula is C13H13ClN2S. The molecule has 0 radical (unpaired) electrons. The van der Waals surface area contributed by atoms with Crippen molar-refractivity contribution < 1.29 is 0 Å². The number of benzene rings is 2. The molecule has 17 heavy (non-hydrogen) atoms. The Kier molecular flexibility index (Phi) is 3.82. The fourth-order valence-corrected chi connectivity index (χ4v) is 1.94. The maximum Gasteiger partial charge on any atom is 0.0493 e. The SMILES string of the molecule is Nc1cccc(CNc2cc(Cl)ccc2S)c1. The van der Waals surface area contributed by atoms with E-state index in [4.69, 9.17) is 17.3 Å². The van der Waals surface area contributed by atoms with Crippen molar-refractivity contribution in [2.24, 2.45) is 0 Å². The van der Waals surface area contributed by atoms with Gasteiger partial charge < -0.3 is 11.1 Å². The van der Waals surface area contributed by atoms with Gasteiger partial charge in [0.2, 0.25) is 0 Å². The summed E-state index contributed by atoms with van der Waals surface area (Å²) in [5, 5.41) is 3.97. The number of hydrogen-bond acceptors (Lipinski definition) is 3. The minimum Gasteiger partial charge on any atom is -0.399 e. The van der Waals surface area contributed by atoms with Gasteiger partial charge in [-0.25, -0.2) is 0 Å². The van der Waals surface area contributed by atoms with E-state index in [1.54, 1.807) is 0 Å². The van der Waals surface area contributed by atoms with Crippen LogP contribution >= 0.6 is 24.2 Å². The molecule has 0 unspecified atom stereocenters. The van der Waals surface area contributed by atoms with Gasteiger partial charge in [-0.2, -0.15) is 0 Å². The number of hydrogen-bond donors (Lipinski definition) is 3. The van der Waals surface area contributed by atoms with Crippen molar-refractivity contribution in [3.05, 3.63) is 53.1 Å². The molecule has 88 valence electrons. The summed E-state index contributed by atoms with van der Waals surface area (Å²) in [5.41, 5.74) is 8.53. The summed E-state index contributed by atoms with van der Waals surface area (Å²) in [6.07, 6.45) is 0. The van der Waals surface area contributed by atoms with Crippen molar-refractivity contribution in [3.63, 3.8) is 0 Å². The summed E-state index contributed by atoms with van der Waals surface area (Å²) >= 11 is 10.3. The molecule has 2 rings (SSSR count). The summed E-state index contributed by atoms with van der Waals surface area (Å²) < 4.78 is 0. The van der Waals surface area contributed by atoms with Crippen LogP contribution in [0.1, 0.15) is 5.56 Å². The molecule has 0 atom stereocenters. The first-order chi connectivity index (χ1) is 8.15.